The fourth-order valence-electron chi connectivity index (χ4n) is 2.15. The number of carbonyl (C=O) groups is 1. The van der Waals surface area contributed by atoms with E-state index < -0.39 is 22.2 Å². The molecule has 0 radical (unpaired) electrons. The SMILES string of the molecule is COCC(O)CCNC(=O)C1CCCN1S(C)(=O)=O. The summed E-state index contributed by atoms with van der Waals surface area (Å²) in [6.07, 6.45) is 2.10. The fourth-order valence-corrected chi connectivity index (χ4v) is 3.28. The number of carbonyl (C=O) groups excluding carboxylic acids is 1. The molecule has 8 heteroatoms. The van der Waals surface area contributed by atoms with Gasteiger partial charge in [0.2, 0.25) is 15.9 Å². The molecule has 19 heavy (non-hydrogen) atoms. The summed E-state index contributed by atoms with van der Waals surface area (Å²) in [4.78, 5) is 11.9. The second-order valence-corrected chi connectivity index (χ2v) is 6.66. The third kappa shape index (κ3) is 5.06. The molecule has 0 aliphatic carbocycles. The van der Waals surface area contributed by atoms with Crippen molar-refractivity contribution in [1.82, 2.24) is 9.62 Å². The zero-order valence-electron chi connectivity index (χ0n) is 11.3. The summed E-state index contributed by atoms with van der Waals surface area (Å²) in [6.45, 7) is 0.912. The number of methoxy groups -OCH3 is 1. The molecule has 1 fully saturated rings. The molecule has 0 bridgehead atoms. The molecule has 0 aromatic carbocycles. The highest BCUT2D eigenvalue weighted by Gasteiger charge is 2.36. The first kappa shape index (κ1) is 16.4. The van der Waals surface area contributed by atoms with E-state index in [0.717, 1.165) is 6.26 Å². The Kier molecular flexibility index (Phi) is 6.18. The Morgan fingerprint density at radius 1 is 1.58 bits per heavy atom. The van der Waals surface area contributed by atoms with Crippen molar-refractivity contribution in [3.05, 3.63) is 0 Å². The van der Waals surface area contributed by atoms with Crippen LogP contribution >= 0.6 is 0 Å². The van der Waals surface area contributed by atoms with Crippen LogP contribution in [0.4, 0.5) is 0 Å². The van der Waals surface area contributed by atoms with Gasteiger partial charge in [-0.15, -0.1) is 0 Å². The van der Waals surface area contributed by atoms with Crippen LogP contribution in [-0.2, 0) is 19.6 Å². The number of sulfonamides is 1. The summed E-state index contributed by atoms with van der Waals surface area (Å²) in [5.74, 6) is -0.299. The molecule has 2 atom stereocenters. The van der Waals surface area contributed by atoms with E-state index >= 15 is 0 Å². The van der Waals surface area contributed by atoms with Crippen molar-refractivity contribution >= 4 is 15.9 Å². The highest BCUT2D eigenvalue weighted by atomic mass is 32.2. The number of ether oxygens (including phenoxy) is 1. The molecular formula is C11H22N2O5S. The maximum Gasteiger partial charge on any atom is 0.238 e. The summed E-state index contributed by atoms with van der Waals surface area (Å²) in [6, 6.07) is -0.616. The highest BCUT2D eigenvalue weighted by molar-refractivity contribution is 7.88. The van der Waals surface area contributed by atoms with Gasteiger partial charge >= 0.3 is 0 Å². The molecule has 112 valence electrons. The minimum atomic E-state index is -3.34. The lowest BCUT2D eigenvalue weighted by Crippen LogP contribution is -2.46. The largest absolute Gasteiger partial charge is 0.391 e. The Morgan fingerprint density at radius 2 is 2.26 bits per heavy atom. The van der Waals surface area contributed by atoms with Crippen molar-refractivity contribution in [3.63, 3.8) is 0 Å². The van der Waals surface area contributed by atoms with Crippen LogP contribution in [0, 0.1) is 0 Å². The number of hydrogen-bond acceptors (Lipinski definition) is 5. The van der Waals surface area contributed by atoms with E-state index in [2.05, 4.69) is 5.32 Å². The topological polar surface area (TPSA) is 95.9 Å². The number of aliphatic hydroxyl groups is 1. The number of nitrogens with one attached hydrogen (secondary N) is 1. The molecular weight excluding hydrogens is 272 g/mol. The van der Waals surface area contributed by atoms with E-state index in [0.29, 0.717) is 32.4 Å². The smallest absolute Gasteiger partial charge is 0.238 e. The lowest BCUT2D eigenvalue weighted by atomic mass is 10.2. The first-order valence-corrected chi connectivity index (χ1v) is 8.12. The van der Waals surface area contributed by atoms with Gasteiger partial charge < -0.3 is 15.2 Å². The molecule has 1 aliphatic heterocycles. The molecule has 1 heterocycles. The molecule has 0 aromatic rings. The monoisotopic (exact) mass is 294 g/mol. The van der Waals surface area contributed by atoms with Gasteiger partial charge in [0.15, 0.2) is 0 Å². The van der Waals surface area contributed by atoms with Gasteiger partial charge in [-0.25, -0.2) is 8.42 Å². The van der Waals surface area contributed by atoms with E-state index in [1.165, 1.54) is 11.4 Å². The molecule has 2 unspecified atom stereocenters. The van der Waals surface area contributed by atoms with Gasteiger partial charge in [-0.05, 0) is 19.3 Å². The Morgan fingerprint density at radius 3 is 2.84 bits per heavy atom. The predicted molar refractivity (Wildman–Crippen MR) is 70.1 cm³/mol. The van der Waals surface area contributed by atoms with E-state index in [-0.39, 0.29) is 12.5 Å². The van der Waals surface area contributed by atoms with Crippen LogP contribution in [0.15, 0.2) is 0 Å². The first-order valence-electron chi connectivity index (χ1n) is 6.27. The van der Waals surface area contributed by atoms with Gasteiger partial charge in [-0.3, -0.25) is 4.79 Å². The van der Waals surface area contributed by atoms with Gasteiger partial charge in [-0.1, -0.05) is 0 Å². The molecule has 7 nitrogen and oxygen atoms in total. The van der Waals surface area contributed by atoms with Crippen LogP contribution in [0.5, 0.6) is 0 Å². The molecule has 1 saturated heterocycles. The number of hydrogen-bond donors (Lipinski definition) is 2. The van der Waals surface area contributed by atoms with Crippen LogP contribution in [0.2, 0.25) is 0 Å². The van der Waals surface area contributed by atoms with Gasteiger partial charge in [0.05, 0.1) is 19.0 Å². The van der Waals surface area contributed by atoms with E-state index in [1.54, 1.807) is 0 Å². The normalized spacial score (nSPS) is 22.4. The lowest BCUT2D eigenvalue weighted by molar-refractivity contribution is -0.124. The van der Waals surface area contributed by atoms with Crippen molar-refractivity contribution in [2.75, 3.05) is 33.1 Å². The summed E-state index contributed by atoms with van der Waals surface area (Å²) in [5, 5.41) is 12.1. The minimum Gasteiger partial charge on any atom is -0.391 e. The molecule has 1 rings (SSSR count). The zero-order chi connectivity index (χ0) is 14.5. The number of rotatable bonds is 7. The summed E-state index contributed by atoms with van der Waals surface area (Å²) in [5.41, 5.74) is 0. The second kappa shape index (κ2) is 7.18. The van der Waals surface area contributed by atoms with E-state index in [4.69, 9.17) is 4.74 Å². The average molecular weight is 294 g/mol. The number of aliphatic hydroxyl groups excluding tert-OH is 1. The van der Waals surface area contributed by atoms with Crippen LogP contribution < -0.4 is 5.32 Å². The van der Waals surface area contributed by atoms with Gasteiger partial charge in [0.1, 0.15) is 6.04 Å². The van der Waals surface area contributed by atoms with Crippen molar-refractivity contribution in [2.45, 2.75) is 31.4 Å². The van der Waals surface area contributed by atoms with Crippen molar-refractivity contribution in [3.8, 4) is 0 Å². The Bertz CT molecular complexity index is 398. The molecule has 2 N–H and O–H groups in total. The predicted octanol–water partition coefficient (Wildman–Crippen LogP) is -1.08. The zero-order valence-corrected chi connectivity index (χ0v) is 12.1. The molecule has 1 amide bonds. The van der Waals surface area contributed by atoms with Gasteiger partial charge in [0.25, 0.3) is 0 Å². The Labute approximate surface area is 114 Å². The summed E-state index contributed by atoms with van der Waals surface area (Å²) < 4.78 is 29.0. The average Bonchev–Trinajstić information content (AvgIpc) is 2.77. The maximum atomic E-state index is 11.9. The number of nitrogens with zero attached hydrogens (tertiary/aromatic N) is 1. The van der Waals surface area contributed by atoms with Crippen LogP contribution in [-0.4, -0.2) is 68.9 Å². The number of amides is 1. The summed E-state index contributed by atoms with van der Waals surface area (Å²) >= 11 is 0. The quantitative estimate of drug-likeness (QED) is 0.623. The minimum absolute atomic E-state index is 0.217. The second-order valence-electron chi connectivity index (χ2n) is 4.72. The van der Waals surface area contributed by atoms with E-state index in [9.17, 15) is 18.3 Å². The molecule has 1 aliphatic rings. The molecule has 0 saturated carbocycles. The third-order valence-corrected chi connectivity index (χ3v) is 4.36. The summed E-state index contributed by atoms with van der Waals surface area (Å²) in [7, 11) is -1.85. The van der Waals surface area contributed by atoms with Crippen LogP contribution in [0.3, 0.4) is 0 Å². The Hall–Kier alpha value is -0.700. The van der Waals surface area contributed by atoms with Crippen molar-refractivity contribution in [1.29, 1.82) is 0 Å². The van der Waals surface area contributed by atoms with Gasteiger partial charge in [-0.2, -0.15) is 4.31 Å². The van der Waals surface area contributed by atoms with E-state index in [1.807, 2.05) is 0 Å². The van der Waals surface area contributed by atoms with Crippen LogP contribution in [0.1, 0.15) is 19.3 Å². The van der Waals surface area contributed by atoms with Crippen molar-refractivity contribution in [2.24, 2.45) is 0 Å². The van der Waals surface area contributed by atoms with Crippen molar-refractivity contribution < 1.29 is 23.1 Å². The fraction of sp³-hybridized carbons (Fsp3) is 0.909. The maximum absolute atomic E-state index is 11.9. The third-order valence-electron chi connectivity index (χ3n) is 3.07. The van der Waals surface area contributed by atoms with Gasteiger partial charge in [0, 0.05) is 20.2 Å². The Balaban J connectivity index is 2.41. The first-order chi connectivity index (χ1) is 8.86. The molecule has 0 aromatic heterocycles. The lowest BCUT2D eigenvalue weighted by Gasteiger charge is -2.21. The molecule has 0 spiro atoms. The standard InChI is InChI=1S/C11H22N2O5S/c1-18-8-9(14)5-6-12-11(15)10-4-3-7-13(10)19(2,16)17/h9-10,14H,3-8H2,1-2H3,(H,12,15). The van der Waals surface area contributed by atoms with Crippen LogP contribution in [0.25, 0.3) is 0 Å². The highest BCUT2D eigenvalue weighted by Crippen LogP contribution is 2.20.